The third kappa shape index (κ3) is 4.47. The van der Waals surface area contributed by atoms with Gasteiger partial charge in [0.15, 0.2) is 11.0 Å². The standard InChI is InChI=1S/C18H16BrClN4OS/c1-11-3-5-12(6-4-11)17-22-23-18(24(17)2)26-10-16(25)21-13-7-8-15(20)14(19)9-13/h3-9H,10H2,1-2H3,(H,21,25). The first-order valence-electron chi connectivity index (χ1n) is 7.78. The van der Waals surface area contributed by atoms with Gasteiger partial charge in [-0.1, -0.05) is 53.2 Å². The number of aromatic nitrogens is 3. The average Bonchev–Trinajstić information content (AvgIpc) is 2.98. The van der Waals surface area contributed by atoms with Crippen molar-refractivity contribution in [3.8, 4) is 11.4 Å². The lowest BCUT2D eigenvalue weighted by Crippen LogP contribution is -2.14. The van der Waals surface area contributed by atoms with Crippen LogP contribution in [-0.4, -0.2) is 26.4 Å². The molecule has 1 amide bonds. The van der Waals surface area contributed by atoms with Gasteiger partial charge in [-0.25, -0.2) is 0 Å². The summed E-state index contributed by atoms with van der Waals surface area (Å²) < 4.78 is 2.63. The number of nitrogens with zero attached hydrogens (tertiary/aromatic N) is 3. The van der Waals surface area contributed by atoms with E-state index in [-0.39, 0.29) is 11.7 Å². The molecule has 0 unspecified atom stereocenters. The van der Waals surface area contributed by atoms with Crippen LogP contribution in [0.2, 0.25) is 5.02 Å². The molecule has 26 heavy (non-hydrogen) atoms. The van der Waals surface area contributed by atoms with E-state index in [1.54, 1.807) is 18.2 Å². The van der Waals surface area contributed by atoms with Gasteiger partial charge >= 0.3 is 0 Å². The predicted molar refractivity (Wildman–Crippen MR) is 110 cm³/mol. The van der Waals surface area contributed by atoms with Crippen LogP contribution in [0.25, 0.3) is 11.4 Å². The van der Waals surface area contributed by atoms with Gasteiger partial charge in [-0.15, -0.1) is 10.2 Å². The Hall–Kier alpha value is -1.83. The third-order valence-corrected chi connectivity index (χ3v) is 5.91. The Labute approximate surface area is 169 Å². The van der Waals surface area contributed by atoms with Gasteiger partial charge in [0.2, 0.25) is 5.91 Å². The van der Waals surface area contributed by atoms with Gasteiger partial charge in [0.05, 0.1) is 10.8 Å². The largest absolute Gasteiger partial charge is 0.325 e. The SMILES string of the molecule is Cc1ccc(-c2nnc(SCC(=O)Nc3ccc(Cl)c(Br)c3)n2C)cc1. The fraction of sp³-hybridized carbons (Fsp3) is 0.167. The van der Waals surface area contributed by atoms with Gasteiger partial charge in [0.25, 0.3) is 0 Å². The summed E-state index contributed by atoms with van der Waals surface area (Å²) in [5.74, 6) is 0.888. The van der Waals surface area contributed by atoms with E-state index in [0.717, 1.165) is 15.9 Å². The number of nitrogens with one attached hydrogen (secondary N) is 1. The van der Waals surface area contributed by atoms with Crippen molar-refractivity contribution in [2.45, 2.75) is 12.1 Å². The van der Waals surface area contributed by atoms with Crippen LogP contribution in [0.15, 0.2) is 52.1 Å². The fourth-order valence-corrected chi connectivity index (χ4v) is 3.50. The van der Waals surface area contributed by atoms with Crippen LogP contribution >= 0.6 is 39.3 Å². The summed E-state index contributed by atoms with van der Waals surface area (Å²) in [6.07, 6.45) is 0. The maximum Gasteiger partial charge on any atom is 0.234 e. The molecule has 5 nitrogen and oxygen atoms in total. The van der Waals surface area contributed by atoms with Crippen LogP contribution in [0.3, 0.4) is 0 Å². The molecular formula is C18H16BrClN4OS. The summed E-state index contributed by atoms with van der Waals surface area (Å²) in [7, 11) is 1.89. The predicted octanol–water partition coefficient (Wildman–Crippen LogP) is 4.94. The smallest absolute Gasteiger partial charge is 0.234 e. The highest BCUT2D eigenvalue weighted by molar-refractivity contribution is 9.10. The third-order valence-electron chi connectivity index (χ3n) is 3.68. The summed E-state index contributed by atoms with van der Waals surface area (Å²) in [5.41, 5.74) is 2.87. The first-order valence-corrected chi connectivity index (χ1v) is 9.94. The van der Waals surface area contributed by atoms with Gasteiger partial charge in [0, 0.05) is 22.8 Å². The Balaban J connectivity index is 1.63. The summed E-state index contributed by atoms with van der Waals surface area (Å²) in [6, 6.07) is 13.3. The van der Waals surface area contributed by atoms with Crippen LogP contribution < -0.4 is 5.32 Å². The molecule has 8 heteroatoms. The molecule has 0 aliphatic carbocycles. The fourth-order valence-electron chi connectivity index (χ4n) is 2.30. The molecule has 0 atom stereocenters. The molecular weight excluding hydrogens is 436 g/mol. The summed E-state index contributed by atoms with van der Waals surface area (Å²) in [6.45, 7) is 2.04. The molecule has 0 radical (unpaired) electrons. The van der Waals surface area contributed by atoms with E-state index < -0.39 is 0 Å². The minimum atomic E-state index is -0.121. The van der Waals surface area contributed by atoms with Crippen molar-refractivity contribution in [2.75, 3.05) is 11.1 Å². The van der Waals surface area contributed by atoms with Crippen molar-refractivity contribution in [1.29, 1.82) is 0 Å². The number of carbonyl (C=O) groups excluding carboxylic acids is 1. The van der Waals surface area contributed by atoms with E-state index in [1.807, 2.05) is 42.8 Å². The van der Waals surface area contributed by atoms with Gasteiger partial charge < -0.3 is 9.88 Å². The lowest BCUT2D eigenvalue weighted by molar-refractivity contribution is -0.113. The number of hydrogen-bond acceptors (Lipinski definition) is 4. The van der Waals surface area contributed by atoms with E-state index in [4.69, 9.17) is 11.6 Å². The maximum atomic E-state index is 12.2. The Morgan fingerprint density at radius 1 is 1.23 bits per heavy atom. The quantitative estimate of drug-likeness (QED) is 0.558. The molecule has 0 bridgehead atoms. The number of thioether (sulfide) groups is 1. The minimum absolute atomic E-state index is 0.121. The number of aryl methyl sites for hydroxylation is 1. The van der Waals surface area contributed by atoms with E-state index >= 15 is 0 Å². The summed E-state index contributed by atoms with van der Waals surface area (Å²) in [5, 5.41) is 12.6. The first-order chi connectivity index (χ1) is 12.4. The summed E-state index contributed by atoms with van der Waals surface area (Å²) >= 11 is 10.6. The molecule has 1 aromatic heterocycles. The van der Waals surface area contributed by atoms with Gasteiger partial charge in [-0.05, 0) is 41.1 Å². The zero-order valence-corrected chi connectivity index (χ0v) is 17.3. The van der Waals surface area contributed by atoms with Gasteiger partial charge in [-0.3, -0.25) is 4.79 Å². The van der Waals surface area contributed by atoms with Crippen molar-refractivity contribution in [3.63, 3.8) is 0 Å². The molecule has 3 rings (SSSR count). The van der Waals surface area contributed by atoms with Crippen LogP contribution in [-0.2, 0) is 11.8 Å². The van der Waals surface area contributed by atoms with Crippen molar-refractivity contribution >= 4 is 50.9 Å². The van der Waals surface area contributed by atoms with Crippen molar-refractivity contribution < 1.29 is 4.79 Å². The maximum absolute atomic E-state index is 12.2. The van der Waals surface area contributed by atoms with Gasteiger partial charge in [0.1, 0.15) is 0 Å². The average molecular weight is 452 g/mol. The Morgan fingerprint density at radius 3 is 2.65 bits per heavy atom. The summed E-state index contributed by atoms with van der Waals surface area (Å²) in [4.78, 5) is 12.2. The zero-order valence-electron chi connectivity index (χ0n) is 14.2. The molecule has 0 saturated carbocycles. The molecule has 134 valence electrons. The monoisotopic (exact) mass is 450 g/mol. The Kier molecular flexibility index (Phi) is 6.01. The Bertz CT molecular complexity index is 943. The number of carbonyl (C=O) groups is 1. The molecule has 3 aromatic rings. The molecule has 1 heterocycles. The number of amides is 1. The topological polar surface area (TPSA) is 59.8 Å². The van der Waals surface area contributed by atoms with Crippen molar-refractivity contribution in [1.82, 2.24) is 14.8 Å². The highest BCUT2D eigenvalue weighted by Crippen LogP contribution is 2.26. The van der Waals surface area contributed by atoms with Crippen LogP contribution in [0.1, 0.15) is 5.56 Å². The molecule has 1 N–H and O–H groups in total. The minimum Gasteiger partial charge on any atom is -0.325 e. The van der Waals surface area contributed by atoms with Crippen molar-refractivity contribution in [3.05, 3.63) is 57.5 Å². The normalized spacial score (nSPS) is 10.8. The van der Waals surface area contributed by atoms with Crippen LogP contribution in [0.5, 0.6) is 0 Å². The molecule has 2 aromatic carbocycles. The van der Waals surface area contributed by atoms with Gasteiger partial charge in [-0.2, -0.15) is 0 Å². The first kappa shape index (κ1) is 18.9. The van der Waals surface area contributed by atoms with E-state index in [2.05, 4.69) is 31.4 Å². The lowest BCUT2D eigenvalue weighted by atomic mass is 10.1. The van der Waals surface area contributed by atoms with Crippen LogP contribution in [0, 0.1) is 6.92 Å². The number of anilines is 1. The molecule has 0 saturated heterocycles. The van der Waals surface area contributed by atoms with Crippen molar-refractivity contribution in [2.24, 2.45) is 7.05 Å². The second-order valence-corrected chi connectivity index (χ2v) is 7.90. The second kappa shape index (κ2) is 8.24. The number of benzene rings is 2. The van der Waals surface area contributed by atoms with E-state index in [0.29, 0.717) is 15.9 Å². The molecule has 0 fully saturated rings. The number of rotatable bonds is 5. The molecule has 0 aliphatic heterocycles. The second-order valence-electron chi connectivity index (χ2n) is 5.70. The van der Waals surface area contributed by atoms with Crippen LogP contribution in [0.4, 0.5) is 5.69 Å². The lowest BCUT2D eigenvalue weighted by Gasteiger charge is -2.07. The van der Waals surface area contributed by atoms with E-state index in [1.165, 1.54) is 17.3 Å². The molecule has 0 spiro atoms. The highest BCUT2D eigenvalue weighted by atomic mass is 79.9. The zero-order chi connectivity index (χ0) is 18.7. The molecule has 0 aliphatic rings. The highest BCUT2D eigenvalue weighted by Gasteiger charge is 2.13. The Morgan fingerprint density at radius 2 is 1.96 bits per heavy atom. The number of hydrogen-bond donors (Lipinski definition) is 1. The number of halogens is 2. The van der Waals surface area contributed by atoms with E-state index in [9.17, 15) is 4.79 Å².